The smallest absolute Gasteiger partial charge is 0.321 e. The van der Waals surface area contributed by atoms with Crippen LogP contribution in [0.3, 0.4) is 0 Å². The van der Waals surface area contributed by atoms with Crippen LogP contribution in [-0.4, -0.2) is 60.5 Å². The molecule has 0 aliphatic carbocycles. The first-order chi connectivity index (χ1) is 12.0. The highest BCUT2D eigenvalue weighted by atomic mass is 16.2. The standard InChI is InChI=1S/C19H30N4O2/c1-4-16(3)20-19(25)21-18(24)14-23-11-9-22(10-12-23)13-17-8-6-5-7-15(17)2/h5-8,16H,4,9-14H2,1-3H3,(H2,20,21,24,25)/t16-/m1/s1. The second-order valence-electron chi connectivity index (χ2n) is 6.81. The lowest BCUT2D eigenvalue weighted by Crippen LogP contribution is -2.51. The van der Waals surface area contributed by atoms with Crippen molar-refractivity contribution in [2.75, 3.05) is 32.7 Å². The van der Waals surface area contributed by atoms with E-state index in [4.69, 9.17) is 0 Å². The first-order valence-corrected chi connectivity index (χ1v) is 9.07. The van der Waals surface area contributed by atoms with E-state index in [0.29, 0.717) is 0 Å². The maximum atomic E-state index is 12.0. The number of nitrogens with zero attached hydrogens (tertiary/aromatic N) is 2. The molecule has 6 heteroatoms. The Balaban J connectivity index is 1.70. The highest BCUT2D eigenvalue weighted by molar-refractivity contribution is 5.95. The summed E-state index contributed by atoms with van der Waals surface area (Å²) in [6.07, 6.45) is 0.838. The zero-order chi connectivity index (χ0) is 18.2. The van der Waals surface area contributed by atoms with Gasteiger partial charge in [-0.25, -0.2) is 4.79 Å². The van der Waals surface area contributed by atoms with Crippen LogP contribution < -0.4 is 10.6 Å². The molecule has 1 saturated heterocycles. The van der Waals surface area contributed by atoms with Crippen molar-refractivity contribution in [2.45, 2.75) is 39.8 Å². The number of hydrogen-bond acceptors (Lipinski definition) is 4. The molecule has 1 aromatic carbocycles. The summed E-state index contributed by atoms with van der Waals surface area (Å²) in [5.74, 6) is -0.242. The van der Waals surface area contributed by atoms with Gasteiger partial charge in [-0.1, -0.05) is 31.2 Å². The van der Waals surface area contributed by atoms with E-state index in [1.54, 1.807) is 0 Å². The van der Waals surface area contributed by atoms with Crippen molar-refractivity contribution in [1.82, 2.24) is 20.4 Å². The molecule has 0 unspecified atom stereocenters. The molecule has 25 heavy (non-hydrogen) atoms. The molecule has 1 atom stereocenters. The van der Waals surface area contributed by atoms with Gasteiger partial charge in [0.15, 0.2) is 0 Å². The van der Waals surface area contributed by atoms with Crippen LogP contribution in [0.25, 0.3) is 0 Å². The molecule has 0 aromatic heterocycles. The van der Waals surface area contributed by atoms with E-state index < -0.39 is 6.03 Å². The summed E-state index contributed by atoms with van der Waals surface area (Å²) >= 11 is 0. The van der Waals surface area contributed by atoms with Gasteiger partial charge < -0.3 is 5.32 Å². The fourth-order valence-electron chi connectivity index (χ4n) is 2.87. The number of carbonyl (C=O) groups excluding carboxylic acids is 2. The topological polar surface area (TPSA) is 64.7 Å². The van der Waals surface area contributed by atoms with Crippen molar-refractivity contribution in [1.29, 1.82) is 0 Å². The maximum Gasteiger partial charge on any atom is 0.321 e. The number of rotatable bonds is 6. The van der Waals surface area contributed by atoms with Crippen LogP contribution in [0.1, 0.15) is 31.4 Å². The number of urea groups is 1. The summed E-state index contributed by atoms with van der Waals surface area (Å²) in [4.78, 5) is 28.2. The number of nitrogens with one attached hydrogen (secondary N) is 2. The third kappa shape index (κ3) is 6.48. The van der Waals surface area contributed by atoms with Gasteiger partial charge in [0.05, 0.1) is 6.54 Å². The molecular formula is C19H30N4O2. The molecule has 1 aromatic rings. The summed E-state index contributed by atoms with van der Waals surface area (Å²) < 4.78 is 0. The minimum Gasteiger partial charge on any atom is -0.335 e. The number of benzene rings is 1. The summed E-state index contributed by atoms with van der Waals surface area (Å²) in [5, 5.41) is 5.15. The molecular weight excluding hydrogens is 316 g/mol. The van der Waals surface area contributed by atoms with Crippen molar-refractivity contribution < 1.29 is 9.59 Å². The van der Waals surface area contributed by atoms with Crippen molar-refractivity contribution in [3.05, 3.63) is 35.4 Å². The summed E-state index contributed by atoms with van der Waals surface area (Å²) in [7, 11) is 0. The number of aryl methyl sites for hydroxylation is 1. The van der Waals surface area contributed by atoms with Crippen LogP contribution in [0.15, 0.2) is 24.3 Å². The van der Waals surface area contributed by atoms with Gasteiger partial charge in [-0.3, -0.25) is 19.9 Å². The van der Waals surface area contributed by atoms with E-state index in [1.165, 1.54) is 11.1 Å². The van der Waals surface area contributed by atoms with Crippen LogP contribution in [0.4, 0.5) is 4.79 Å². The molecule has 138 valence electrons. The third-order valence-corrected chi connectivity index (χ3v) is 4.73. The van der Waals surface area contributed by atoms with Crippen molar-refractivity contribution in [3.8, 4) is 0 Å². The molecule has 1 fully saturated rings. The van der Waals surface area contributed by atoms with E-state index in [-0.39, 0.29) is 18.5 Å². The second-order valence-corrected chi connectivity index (χ2v) is 6.81. The van der Waals surface area contributed by atoms with E-state index >= 15 is 0 Å². The second kappa shape index (κ2) is 9.53. The Morgan fingerprint density at radius 2 is 1.76 bits per heavy atom. The average molecular weight is 346 g/mol. The Kier molecular flexibility index (Phi) is 7.40. The molecule has 1 aliphatic heterocycles. The Morgan fingerprint density at radius 3 is 2.40 bits per heavy atom. The molecule has 1 aliphatic rings. The van der Waals surface area contributed by atoms with Crippen molar-refractivity contribution in [3.63, 3.8) is 0 Å². The van der Waals surface area contributed by atoms with Crippen LogP contribution in [0.2, 0.25) is 0 Å². The maximum absolute atomic E-state index is 12.0. The average Bonchev–Trinajstić information content (AvgIpc) is 2.58. The largest absolute Gasteiger partial charge is 0.335 e. The predicted molar refractivity (Wildman–Crippen MR) is 99.3 cm³/mol. The minimum absolute atomic E-state index is 0.0674. The van der Waals surface area contributed by atoms with Gasteiger partial charge in [-0.05, 0) is 31.4 Å². The molecule has 0 bridgehead atoms. The molecule has 6 nitrogen and oxygen atoms in total. The molecule has 2 N–H and O–H groups in total. The monoisotopic (exact) mass is 346 g/mol. The minimum atomic E-state index is -0.405. The zero-order valence-electron chi connectivity index (χ0n) is 15.5. The van der Waals surface area contributed by atoms with Gasteiger partial charge in [0.1, 0.15) is 0 Å². The fourth-order valence-corrected chi connectivity index (χ4v) is 2.87. The summed E-state index contributed by atoms with van der Waals surface area (Å²) in [5.41, 5.74) is 2.67. The summed E-state index contributed by atoms with van der Waals surface area (Å²) in [6.45, 7) is 10.8. The Morgan fingerprint density at radius 1 is 1.12 bits per heavy atom. The zero-order valence-corrected chi connectivity index (χ0v) is 15.5. The SMILES string of the molecule is CC[C@@H](C)NC(=O)NC(=O)CN1CCN(Cc2ccccc2C)CC1. The molecule has 1 heterocycles. The van der Waals surface area contributed by atoms with E-state index in [2.05, 4.69) is 51.6 Å². The highest BCUT2D eigenvalue weighted by Crippen LogP contribution is 2.12. The predicted octanol–water partition coefficient (Wildman–Crippen LogP) is 1.74. The lowest BCUT2D eigenvalue weighted by molar-refractivity contribution is -0.121. The third-order valence-electron chi connectivity index (χ3n) is 4.73. The molecule has 2 rings (SSSR count). The lowest BCUT2D eigenvalue weighted by Gasteiger charge is -2.34. The number of piperazine rings is 1. The first-order valence-electron chi connectivity index (χ1n) is 9.07. The quantitative estimate of drug-likeness (QED) is 0.823. The van der Waals surface area contributed by atoms with Gasteiger partial charge in [-0.15, -0.1) is 0 Å². The van der Waals surface area contributed by atoms with Crippen LogP contribution in [-0.2, 0) is 11.3 Å². The van der Waals surface area contributed by atoms with Gasteiger partial charge in [0.25, 0.3) is 0 Å². The molecule has 3 amide bonds. The van der Waals surface area contributed by atoms with Crippen LogP contribution in [0, 0.1) is 6.92 Å². The first kappa shape index (κ1) is 19.4. The van der Waals surface area contributed by atoms with Gasteiger partial charge in [-0.2, -0.15) is 0 Å². The number of imide groups is 1. The highest BCUT2D eigenvalue weighted by Gasteiger charge is 2.20. The lowest BCUT2D eigenvalue weighted by atomic mass is 10.1. The number of carbonyl (C=O) groups is 2. The Hall–Kier alpha value is -1.92. The fraction of sp³-hybridized carbons (Fsp3) is 0.579. The van der Waals surface area contributed by atoms with Crippen LogP contribution in [0.5, 0.6) is 0 Å². The number of hydrogen-bond donors (Lipinski definition) is 2. The van der Waals surface area contributed by atoms with E-state index in [1.807, 2.05) is 13.8 Å². The van der Waals surface area contributed by atoms with E-state index in [0.717, 1.165) is 39.1 Å². The Labute approximate surface area is 150 Å². The van der Waals surface area contributed by atoms with E-state index in [9.17, 15) is 9.59 Å². The van der Waals surface area contributed by atoms with Crippen LogP contribution >= 0.6 is 0 Å². The summed E-state index contributed by atoms with van der Waals surface area (Å²) in [6, 6.07) is 8.11. The van der Waals surface area contributed by atoms with Gasteiger partial charge in [0, 0.05) is 38.8 Å². The molecule has 0 radical (unpaired) electrons. The molecule has 0 saturated carbocycles. The van der Waals surface area contributed by atoms with Gasteiger partial charge >= 0.3 is 6.03 Å². The van der Waals surface area contributed by atoms with Crippen molar-refractivity contribution >= 4 is 11.9 Å². The van der Waals surface area contributed by atoms with Gasteiger partial charge in [0.2, 0.25) is 5.91 Å². The molecule has 0 spiro atoms. The Bertz CT molecular complexity index is 583. The van der Waals surface area contributed by atoms with Crippen molar-refractivity contribution in [2.24, 2.45) is 0 Å². The number of amides is 3. The normalized spacial score (nSPS) is 17.1.